The van der Waals surface area contributed by atoms with E-state index in [-0.39, 0.29) is 11.7 Å². The molecule has 1 aromatic carbocycles. The van der Waals surface area contributed by atoms with Crippen LogP contribution < -0.4 is 4.74 Å². The number of rotatable bonds is 5. The molecule has 0 atom stereocenters. The molecule has 1 heterocycles. The molecule has 116 valence electrons. The summed E-state index contributed by atoms with van der Waals surface area (Å²) in [6.45, 7) is 0.484. The quantitative estimate of drug-likeness (QED) is 0.763. The lowest BCUT2D eigenvalue weighted by atomic mass is 10.2. The molecule has 0 fully saturated rings. The van der Waals surface area contributed by atoms with Crippen LogP contribution in [-0.2, 0) is 11.3 Å². The maximum absolute atomic E-state index is 13.6. The highest BCUT2D eigenvalue weighted by molar-refractivity contribution is 7.16. The molecule has 0 saturated carbocycles. The summed E-state index contributed by atoms with van der Waals surface area (Å²) in [4.78, 5) is 14.6. The first-order chi connectivity index (χ1) is 10.5. The van der Waals surface area contributed by atoms with E-state index in [4.69, 9.17) is 16.3 Å². The number of carbonyl (C=O) groups is 1. The molecule has 0 N–H and O–H groups in total. The molecule has 0 spiro atoms. The van der Waals surface area contributed by atoms with E-state index < -0.39 is 5.82 Å². The summed E-state index contributed by atoms with van der Waals surface area (Å²) in [6, 6.07) is 8.22. The molecule has 2 aromatic rings. The van der Waals surface area contributed by atoms with E-state index in [1.165, 1.54) is 36.7 Å². The molecule has 0 aliphatic carbocycles. The van der Waals surface area contributed by atoms with Crippen molar-refractivity contribution >= 4 is 34.9 Å². The van der Waals surface area contributed by atoms with Crippen molar-refractivity contribution in [3.8, 4) is 5.75 Å². The predicted molar refractivity (Wildman–Crippen MR) is 87.8 cm³/mol. The highest BCUT2D eigenvalue weighted by Crippen LogP contribution is 2.22. The second-order valence-electron chi connectivity index (χ2n) is 4.63. The maximum Gasteiger partial charge on any atom is 0.246 e. The largest absolute Gasteiger partial charge is 0.494 e. The maximum atomic E-state index is 13.6. The Morgan fingerprint density at radius 3 is 2.77 bits per heavy atom. The van der Waals surface area contributed by atoms with Crippen molar-refractivity contribution in [2.75, 3.05) is 14.2 Å². The van der Waals surface area contributed by atoms with Crippen LogP contribution in [0.25, 0.3) is 6.08 Å². The average Bonchev–Trinajstić information content (AvgIpc) is 2.90. The van der Waals surface area contributed by atoms with Gasteiger partial charge in [-0.1, -0.05) is 17.7 Å². The molecule has 1 aromatic heterocycles. The minimum atomic E-state index is -0.460. The van der Waals surface area contributed by atoms with Crippen molar-refractivity contribution in [1.82, 2.24) is 4.90 Å². The van der Waals surface area contributed by atoms with Crippen LogP contribution in [0.2, 0.25) is 4.34 Å². The Labute approximate surface area is 137 Å². The van der Waals surface area contributed by atoms with Crippen LogP contribution >= 0.6 is 22.9 Å². The Kier molecular flexibility index (Phi) is 5.57. The number of hydrogen-bond donors (Lipinski definition) is 0. The fraction of sp³-hybridized carbons (Fsp3) is 0.188. The molecular formula is C16H15ClFNO2S. The third-order valence-corrected chi connectivity index (χ3v) is 4.21. The SMILES string of the molecule is COc1ccc(/C=C/C(=O)N(C)Cc2ccc(Cl)s2)cc1F. The number of methoxy groups -OCH3 is 1. The first-order valence-corrected chi connectivity index (χ1v) is 7.70. The monoisotopic (exact) mass is 339 g/mol. The van der Waals surface area contributed by atoms with Crippen molar-refractivity contribution in [1.29, 1.82) is 0 Å². The van der Waals surface area contributed by atoms with Gasteiger partial charge in [0.1, 0.15) is 0 Å². The fourth-order valence-electron chi connectivity index (χ4n) is 1.83. The number of carbonyl (C=O) groups excluding carboxylic acids is 1. The number of benzene rings is 1. The lowest BCUT2D eigenvalue weighted by molar-refractivity contribution is -0.125. The summed E-state index contributed by atoms with van der Waals surface area (Å²) in [6.07, 6.45) is 2.99. The highest BCUT2D eigenvalue weighted by atomic mass is 35.5. The molecule has 0 unspecified atom stereocenters. The normalized spacial score (nSPS) is 10.9. The summed E-state index contributed by atoms with van der Waals surface area (Å²) < 4.78 is 19.1. The molecule has 6 heteroatoms. The first-order valence-electron chi connectivity index (χ1n) is 6.50. The number of halogens is 2. The third kappa shape index (κ3) is 4.32. The highest BCUT2D eigenvalue weighted by Gasteiger charge is 2.08. The number of nitrogens with zero attached hydrogens (tertiary/aromatic N) is 1. The topological polar surface area (TPSA) is 29.5 Å². The molecule has 2 rings (SSSR count). The lowest BCUT2D eigenvalue weighted by Gasteiger charge is -2.13. The van der Waals surface area contributed by atoms with Crippen LogP contribution in [0.5, 0.6) is 5.75 Å². The van der Waals surface area contributed by atoms with Crippen LogP contribution in [0.1, 0.15) is 10.4 Å². The fourth-order valence-corrected chi connectivity index (χ4v) is 2.97. The standard InChI is InChI=1S/C16H15ClFNO2S/c1-19(10-12-5-7-15(17)22-12)16(20)8-4-11-3-6-14(21-2)13(18)9-11/h3-9H,10H2,1-2H3/b8-4+. The predicted octanol–water partition coefficient (Wildman–Crippen LogP) is 4.22. The van der Waals surface area contributed by atoms with Crippen molar-refractivity contribution in [3.63, 3.8) is 0 Å². The van der Waals surface area contributed by atoms with Crippen molar-refractivity contribution in [3.05, 3.63) is 57.0 Å². The molecule has 0 radical (unpaired) electrons. The molecular weight excluding hydrogens is 325 g/mol. The van der Waals surface area contributed by atoms with Gasteiger partial charge in [0.2, 0.25) is 5.91 Å². The number of hydrogen-bond acceptors (Lipinski definition) is 3. The number of likely N-dealkylation sites (N-methyl/N-ethyl adjacent to an activating group) is 1. The molecule has 22 heavy (non-hydrogen) atoms. The van der Waals surface area contributed by atoms with Gasteiger partial charge in [0.15, 0.2) is 11.6 Å². The Balaban J connectivity index is 1.99. The zero-order valence-electron chi connectivity index (χ0n) is 12.2. The van der Waals surface area contributed by atoms with E-state index in [0.717, 1.165) is 4.88 Å². The second-order valence-corrected chi connectivity index (χ2v) is 6.43. The molecule has 1 amide bonds. The Bertz CT molecular complexity index is 699. The minimum absolute atomic E-state index is 0.166. The summed E-state index contributed by atoms with van der Waals surface area (Å²) in [5, 5.41) is 0. The van der Waals surface area contributed by atoms with E-state index in [2.05, 4.69) is 0 Å². The smallest absolute Gasteiger partial charge is 0.246 e. The van der Waals surface area contributed by atoms with Gasteiger partial charge in [-0.15, -0.1) is 11.3 Å². The van der Waals surface area contributed by atoms with E-state index in [1.807, 2.05) is 6.07 Å². The molecule has 0 bridgehead atoms. The van der Waals surface area contributed by atoms with E-state index in [9.17, 15) is 9.18 Å². The number of thiophene rings is 1. The van der Waals surface area contributed by atoms with Gasteiger partial charge in [-0.05, 0) is 35.9 Å². The molecule has 0 aliphatic rings. The first kappa shape index (κ1) is 16.5. The number of ether oxygens (including phenoxy) is 1. The summed E-state index contributed by atoms with van der Waals surface area (Å²) >= 11 is 7.30. The van der Waals surface area contributed by atoms with Gasteiger partial charge < -0.3 is 9.64 Å². The third-order valence-electron chi connectivity index (χ3n) is 2.99. The van der Waals surface area contributed by atoms with Crippen molar-refractivity contribution in [2.45, 2.75) is 6.54 Å². The Morgan fingerprint density at radius 2 is 2.18 bits per heavy atom. The zero-order chi connectivity index (χ0) is 16.1. The van der Waals surface area contributed by atoms with Crippen LogP contribution in [0.4, 0.5) is 4.39 Å². The van der Waals surface area contributed by atoms with Crippen LogP contribution in [0, 0.1) is 5.82 Å². The number of amides is 1. The molecule has 0 aliphatic heterocycles. The summed E-state index contributed by atoms with van der Waals surface area (Å²) in [7, 11) is 3.11. The Morgan fingerprint density at radius 1 is 1.41 bits per heavy atom. The van der Waals surface area contributed by atoms with Gasteiger partial charge in [-0.3, -0.25) is 4.79 Å². The van der Waals surface area contributed by atoms with Crippen LogP contribution in [-0.4, -0.2) is 25.0 Å². The molecule has 3 nitrogen and oxygen atoms in total. The summed E-state index contributed by atoms with van der Waals surface area (Å²) in [5.41, 5.74) is 0.596. The van der Waals surface area contributed by atoms with Gasteiger partial charge in [-0.25, -0.2) is 4.39 Å². The van der Waals surface area contributed by atoms with E-state index in [1.54, 1.807) is 30.2 Å². The van der Waals surface area contributed by atoms with Gasteiger partial charge in [0.05, 0.1) is 18.0 Å². The van der Waals surface area contributed by atoms with Gasteiger partial charge in [0, 0.05) is 18.0 Å². The van der Waals surface area contributed by atoms with Gasteiger partial charge in [0.25, 0.3) is 0 Å². The van der Waals surface area contributed by atoms with Crippen molar-refractivity contribution in [2.24, 2.45) is 0 Å². The zero-order valence-corrected chi connectivity index (χ0v) is 13.7. The lowest BCUT2D eigenvalue weighted by Crippen LogP contribution is -2.23. The van der Waals surface area contributed by atoms with E-state index in [0.29, 0.717) is 16.4 Å². The average molecular weight is 340 g/mol. The van der Waals surface area contributed by atoms with Crippen molar-refractivity contribution < 1.29 is 13.9 Å². The van der Waals surface area contributed by atoms with Gasteiger partial charge >= 0.3 is 0 Å². The van der Waals surface area contributed by atoms with E-state index >= 15 is 0 Å². The van der Waals surface area contributed by atoms with Crippen LogP contribution in [0.3, 0.4) is 0 Å². The second kappa shape index (κ2) is 7.42. The summed E-state index contributed by atoms with van der Waals surface area (Å²) in [5.74, 6) is -0.449. The minimum Gasteiger partial charge on any atom is -0.494 e. The molecule has 0 saturated heterocycles. The van der Waals surface area contributed by atoms with Crippen LogP contribution in [0.15, 0.2) is 36.4 Å². The van der Waals surface area contributed by atoms with Gasteiger partial charge in [-0.2, -0.15) is 0 Å². The Hall–Kier alpha value is -1.85.